The van der Waals surface area contributed by atoms with Crippen molar-refractivity contribution in [3.05, 3.63) is 61.1 Å². The second-order valence-electron chi connectivity index (χ2n) is 3.94. The Kier molecular flexibility index (Phi) is 3.09. The highest BCUT2D eigenvalue weighted by Crippen LogP contribution is 2.12. The molecule has 0 spiro atoms. The fraction of sp³-hybridized carbons (Fsp3) is 0.167. The van der Waals surface area contributed by atoms with Crippen LogP contribution in [0.2, 0.25) is 5.15 Å². The number of aromatic amines is 1. The smallest absolute Gasteiger partial charge is 0.297 e. The van der Waals surface area contributed by atoms with Gasteiger partial charge in [0.05, 0.1) is 11.3 Å². The van der Waals surface area contributed by atoms with Crippen molar-refractivity contribution in [2.24, 2.45) is 0 Å². The second kappa shape index (κ2) is 4.42. The van der Waals surface area contributed by atoms with E-state index in [0.29, 0.717) is 11.3 Å². The van der Waals surface area contributed by atoms with Crippen LogP contribution in [0.5, 0.6) is 0 Å². The van der Waals surface area contributed by atoms with Gasteiger partial charge in [0.2, 0.25) is 0 Å². The lowest BCUT2D eigenvalue weighted by molar-refractivity contribution is 0.617. The lowest BCUT2D eigenvalue weighted by Crippen LogP contribution is -2.35. The molecule has 0 aliphatic carbocycles. The van der Waals surface area contributed by atoms with Gasteiger partial charge in [-0.3, -0.25) is 9.78 Å². The van der Waals surface area contributed by atoms with Gasteiger partial charge in [-0.1, -0.05) is 11.6 Å². The number of aryl methyl sites for hydroxylation is 1. The Hall–Kier alpha value is -1.88. The molecule has 94 valence electrons. The third-order valence-corrected chi connectivity index (χ3v) is 3.05. The summed E-state index contributed by atoms with van der Waals surface area (Å²) in [6, 6.07) is 4.01. The van der Waals surface area contributed by atoms with E-state index in [9.17, 15) is 14.0 Å². The van der Waals surface area contributed by atoms with E-state index in [-0.39, 0.29) is 10.7 Å². The Balaban J connectivity index is 2.80. The van der Waals surface area contributed by atoms with Crippen molar-refractivity contribution in [1.29, 1.82) is 0 Å². The third kappa shape index (κ3) is 1.97. The van der Waals surface area contributed by atoms with Crippen molar-refractivity contribution in [2.75, 3.05) is 0 Å². The van der Waals surface area contributed by atoms with Gasteiger partial charge in [0, 0.05) is 0 Å². The lowest BCUT2D eigenvalue weighted by atomic mass is 10.2. The van der Waals surface area contributed by atoms with Crippen LogP contribution < -0.4 is 11.2 Å². The van der Waals surface area contributed by atoms with Crippen LogP contribution in [0.3, 0.4) is 0 Å². The summed E-state index contributed by atoms with van der Waals surface area (Å²) in [6.07, 6.45) is 0. The van der Waals surface area contributed by atoms with Crippen LogP contribution >= 0.6 is 11.6 Å². The molecule has 2 aromatic rings. The average molecular weight is 269 g/mol. The van der Waals surface area contributed by atoms with Crippen molar-refractivity contribution in [1.82, 2.24) is 9.55 Å². The minimum atomic E-state index is -0.651. The summed E-state index contributed by atoms with van der Waals surface area (Å²) in [5, 5.41) is 0.0140. The maximum atomic E-state index is 13.2. The maximum absolute atomic E-state index is 13.2. The molecule has 0 amide bonds. The van der Waals surface area contributed by atoms with Crippen LogP contribution in [0.15, 0.2) is 27.8 Å². The Morgan fingerprint density at radius 2 is 1.94 bits per heavy atom. The van der Waals surface area contributed by atoms with Crippen LogP contribution in [0.1, 0.15) is 11.1 Å². The minimum absolute atomic E-state index is 0.0140. The molecule has 2 rings (SSSR count). The molecule has 0 aliphatic rings. The number of hydrogen-bond acceptors (Lipinski definition) is 2. The number of nitrogens with zero attached hydrogens (tertiary/aromatic N) is 1. The van der Waals surface area contributed by atoms with Gasteiger partial charge in [-0.2, -0.15) is 0 Å². The Morgan fingerprint density at radius 1 is 1.28 bits per heavy atom. The summed E-state index contributed by atoms with van der Waals surface area (Å²) in [7, 11) is 0. The average Bonchev–Trinajstić information content (AvgIpc) is 2.31. The molecule has 0 saturated carbocycles. The zero-order chi connectivity index (χ0) is 13.4. The van der Waals surface area contributed by atoms with E-state index in [4.69, 9.17) is 11.6 Å². The zero-order valence-corrected chi connectivity index (χ0v) is 10.5. The van der Waals surface area contributed by atoms with Gasteiger partial charge in [0.15, 0.2) is 0 Å². The monoisotopic (exact) mass is 268 g/mol. The van der Waals surface area contributed by atoms with E-state index in [1.807, 2.05) is 0 Å². The predicted molar refractivity (Wildman–Crippen MR) is 67.1 cm³/mol. The first kappa shape index (κ1) is 12.6. The summed E-state index contributed by atoms with van der Waals surface area (Å²) in [5.74, 6) is -0.395. The van der Waals surface area contributed by atoms with Gasteiger partial charge in [-0.15, -0.1) is 0 Å². The predicted octanol–water partition coefficient (Wildman–Crippen LogP) is 1.94. The number of benzene rings is 1. The second-order valence-corrected chi connectivity index (χ2v) is 4.32. The fourth-order valence-electron chi connectivity index (χ4n) is 1.60. The summed E-state index contributed by atoms with van der Waals surface area (Å²) >= 11 is 5.71. The normalized spacial score (nSPS) is 10.7. The molecule has 0 radical (unpaired) electrons. The first-order valence-electron chi connectivity index (χ1n) is 5.20. The molecule has 6 heteroatoms. The molecular weight excluding hydrogens is 259 g/mol. The largest absolute Gasteiger partial charge is 0.334 e. The highest BCUT2D eigenvalue weighted by atomic mass is 35.5. The van der Waals surface area contributed by atoms with Crippen LogP contribution in [0, 0.1) is 19.7 Å². The van der Waals surface area contributed by atoms with Gasteiger partial charge in [-0.25, -0.2) is 13.8 Å². The molecule has 1 aromatic heterocycles. The number of rotatable bonds is 1. The number of nitrogens with one attached hydrogen (secondary N) is 1. The van der Waals surface area contributed by atoms with E-state index >= 15 is 0 Å². The molecule has 1 N–H and O–H groups in total. The highest BCUT2D eigenvalue weighted by Gasteiger charge is 2.11. The lowest BCUT2D eigenvalue weighted by Gasteiger charge is -2.07. The van der Waals surface area contributed by atoms with Gasteiger partial charge in [0.1, 0.15) is 11.0 Å². The number of halogens is 2. The SMILES string of the molecule is Cc1cc(-n2c(=O)[nH]c(Cl)c(C)c2=O)ccc1F. The van der Waals surface area contributed by atoms with Crippen LogP contribution in [-0.2, 0) is 0 Å². The minimum Gasteiger partial charge on any atom is -0.297 e. The molecule has 1 aromatic carbocycles. The van der Waals surface area contributed by atoms with Crippen LogP contribution in [0.25, 0.3) is 5.69 Å². The molecule has 0 aliphatic heterocycles. The quantitative estimate of drug-likeness (QED) is 0.804. The van der Waals surface area contributed by atoms with E-state index in [1.54, 1.807) is 6.92 Å². The van der Waals surface area contributed by atoms with E-state index in [1.165, 1.54) is 25.1 Å². The standard InChI is InChI=1S/C12H10ClFN2O2/c1-6-5-8(3-4-9(6)14)16-11(17)7(2)10(13)15-12(16)18/h3-5H,1-2H3,(H,15,18). The topological polar surface area (TPSA) is 54.9 Å². The van der Waals surface area contributed by atoms with Gasteiger partial charge < -0.3 is 0 Å². The fourth-order valence-corrected chi connectivity index (χ4v) is 1.76. The Labute approximate surface area is 107 Å². The summed E-state index contributed by atoms with van der Waals surface area (Å²) < 4.78 is 14.1. The van der Waals surface area contributed by atoms with Crippen molar-refractivity contribution in [3.63, 3.8) is 0 Å². The Morgan fingerprint density at radius 3 is 2.56 bits per heavy atom. The van der Waals surface area contributed by atoms with E-state index in [0.717, 1.165) is 4.57 Å². The van der Waals surface area contributed by atoms with Crippen molar-refractivity contribution >= 4 is 11.6 Å². The first-order chi connectivity index (χ1) is 8.41. The number of hydrogen-bond donors (Lipinski definition) is 1. The third-order valence-electron chi connectivity index (χ3n) is 2.67. The molecule has 0 unspecified atom stereocenters. The summed E-state index contributed by atoms with van der Waals surface area (Å²) in [4.78, 5) is 26.1. The molecule has 18 heavy (non-hydrogen) atoms. The van der Waals surface area contributed by atoms with Crippen LogP contribution in [0.4, 0.5) is 4.39 Å². The van der Waals surface area contributed by atoms with E-state index in [2.05, 4.69) is 4.98 Å². The summed E-state index contributed by atoms with van der Waals surface area (Å²) in [5.41, 5.74) is -0.277. The summed E-state index contributed by atoms with van der Waals surface area (Å²) in [6.45, 7) is 3.06. The van der Waals surface area contributed by atoms with Gasteiger partial charge in [0.25, 0.3) is 5.56 Å². The van der Waals surface area contributed by atoms with Crippen molar-refractivity contribution in [3.8, 4) is 5.69 Å². The zero-order valence-electron chi connectivity index (χ0n) is 9.75. The van der Waals surface area contributed by atoms with Crippen LogP contribution in [-0.4, -0.2) is 9.55 Å². The molecular formula is C12H10ClFN2O2. The molecule has 0 bridgehead atoms. The molecule has 0 atom stereocenters. The van der Waals surface area contributed by atoms with Crippen molar-refractivity contribution in [2.45, 2.75) is 13.8 Å². The Bertz CT molecular complexity index is 734. The number of aromatic nitrogens is 2. The molecule has 4 nitrogen and oxygen atoms in total. The molecule has 0 saturated heterocycles. The van der Waals surface area contributed by atoms with Crippen molar-refractivity contribution < 1.29 is 4.39 Å². The van der Waals surface area contributed by atoms with Gasteiger partial charge in [-0.05, 0) is 37.6 Å². The van der Waals surface area contributed by atoms with Gasteiger partial charge >= 0.3 is 5.69 Å². The molecule has 0 fully saturated rings. The van der Waals surface area contributed by atoms with E-state index < -0.39 is 17.1 Å². The number of H-pyrrole nitrogens is 1. The maximum Gasteiger partial charge on any atom is 0.334 e. The molecule has 1 heterocycles. The highest BCUT2D eigenvalue weighted by molar-refractivity contribution is 6.30. The first-order valence-corrected chi connectivity index (χ1v) is 5.57.